The first-order valence-corrected chi connectivity index (χ1v) is 11.7. The second-order valence-corrected chi connectivity index (χ2v) is 9.42. The van der Waals surface area contributed by atoms with Crippen molar-refractivity contribution in [2.45, 2.75) is 13.5 Å². The van der Waals surface area contributed by atoms with Gasteiger partial charge in [-0.25, -0.2) is 0 Å². The van der Waals surface area contributed by atoms with E-state index in [-0.39, 0.29) is 29.7 Å². The van der Waals surface area contributed by atoms with E-state index in [2.05, 4.69) is 31.9 Å². The summed E-state index contributed by atoms with van der Waals surface area (Å²) in [4.78, 5) is 26.9. The van der Waals surface area contributed by atoms with Gasteiger partial charge in [-0.1, -0.05) is 11.6 Å². The van der Waals surface area contributed by atoms with Crippen LogP contribution in [-0.4, -0.2) is 34.6 Å². The van der Waals surface area contributed by atoms with E-state index in [0.29, 0.717) is 43.2 Å². The molecule has 0 atom stereocenters. The lowest BCUT2D eigenvalue weighted by atomic mass is 10.1. The molecule has 0 bridgehead atoms. The molecular weight excluding hydrogens is 578 g/mol. The van der Waals surface area contributed by atoms with Crippen molar-refractivity contribution in [3.05, 3.63) is 48.2 Å². The van der Waals surface area contributed by atoms with Crippen LogP contribution in [0, 0.1) is 0 Å². The topological polar surface area (TPSA) is 85.3 Å². The molecule has 1 saturated heterocycles. The number of carbonyl (C=O) groups is 2. The maximum atomic E-state index is 13.0. The van der Waals surface area contributed by atoms with E-state index in [4.69, 9.17) is 25.8 Å². The first-order chi connectivity index (χ1) is 14.8. The Kier molecular flexibility index (Phi) is 6.43. The first kappa shape index (κ1) is 22.3. The molecule has 1 N–H and O–H groups in total. The van der Waals surface area contributed by atoms with Crippen molar-refractivity contribution in [1.82, 2.24) is 4.90 Å². The van der Waals surface area contributed by atoms with Crippen LogP contribution < -0.4 is 14.2 Å². The molecule has 7 nitrogen and oxygen atoms in total. The number of amides is 2. The van der Waals surface area contributed by atoms with Crippen LogP contribution >= 0.6 is 55.2 Å². The van der Waals surface area contributed by atoms with Gasteiger partial charge in [0.2, 0.25) is 6.79 Å². The van der Waals surface area contributed by atoms with Gasteiger partial charge in [0.05, 0.1) is 22.5 Å². The van der Waals surface area contributed by atoms with Gasteiger partial charge in [0.25, 0.3) is 11.1 Å². The van der Waals surface area contributed by atoms with E-state index < -0.39 is 11.1 Å². The standard InChI is InChI=1S/C20H14Br2ClNO6S/c1-2-28-14-3-9(16(21)17(22)18(14)25)5-15-19(26)24(20(27)31-15)7-10-4-12-13(6-11(10)23)30-8-29-12/h3-6,25H,2,7-8H2,1H3/b15-5-. The summed E-state index contributed by atoms with van der Waals surface area (Å²) in [6.07, 6.45) is 1.57. The summed E-state index contributed by atoms with van der Waals surface area (Å²) in [6.45, 7) is 2.25. The predicted molar refractivity (Wildman–Crippen MR) is 124 cm³/mol. The quantitative estimate of drug-likeness (QED) is 0.431. The van der Waals surface area contributed by atoms with Crippen LogP contribution in [0.25, 0.3) is 6.08 Å². The number of fused-ring (bicyclic) bond motifs is 1. The van der Waals surface area contributed by atoms with Gasteiger partial charge in [-0.15, -0.1) is 0 Å². The average Bonchev–Trinajstić information content (AvgIpc) is 3.29. The van der Waals surface area contributed by atoms with Gasteiger partial charge in [0.15, 0.2) is 23.0 Å². The summed E-state index contributed by atoms with van der Waals surface area (Å²) in [5, 5.41) is 10.2. The first-order valence-electron chi connectivity index (χ1n) is 8.97. The van der Waals surface area contributed by atoms with Gasteiger partial charge in [-0.3, -0.25) is 14.5 Å². The van der Waals surface area contributed by atoms with Crippen LogP contribution in [0.3, 0.4) is 0 Å². The van der Waals surface area contributed by atoms with Crippen LogP contribution in [0.5, 0.6) is 23.0 Å². The van der Waals surface area contributed by atoms with Crippen molar-refractivity contribution in [1.29, 1.82) is 0 Å². The number of hydrogen-bond donors (Lipinski definition) is 1. The summed E-state index contributed by atoms with van der Waals surface area (Å²) >= 11 is 13.8. The Bertz CT molecular complexity index is 1140. The summed E-state index contributed by atoms with van der Waals surface area (Å²) < 4.78 is 17.0. The molecule has 0 spiro atoms. The molecule has 2 aromatic rings. The molecule has 0 radical (unpaired) electrons. The lowest BCUT2D eigenvalue weighted by molar-refractivity contribution is -0.123. The van der Waals surface area contributed by atoms with E-state index in [9.17, 15) is 14.7 Å². The highest BCUT2D eigenvalue weighted by molar-refractivity contribution is 9.13. The number of thioether (sulfide) groups is 1. The second-order valence-electron chi connectivity index (χ2n) is 6.44. The zero-order valence-corrected chi connectivity index (χ0v) is 20.7. The molecule has 0 aromatic heterocycles. The van der Waals surface area contributed by atoms with E-state index in [1.54, 1.807) is 31.2 Å². The summed E-state index contributed by atoms with van der Waals surface area (Å²) in [7, 11) is 0. The van der Waals surface area contributed by atoms with Crippen molar-refractivity contribution >= 4 is 72.4 Å². The monoisotopic (exact) mass is 589 g/mol. The highest BCUT2D eigenvalue weighted by Crippen LogP contribution is 2.44. The number of benzene rings is 2. The van der Waals surface area contributed by atoms with E-state index >= 15 is 0 Å². The van der Waals surface area contributed by atoms with Crippen LogP contribution in [0.2, 0.25) is 5.02 Å². The number of phenols is 1. The molecule has 1 fully saturated rings. The van der Waals surface area contributed by atoms with Crippen molar-refractivity contribution in [2.24, 2.45) is 0 Å². The lowest BCUT2D eigenvalue weighted by Crippen LogP contribution is -2.27. The van der Waals surface area contributed by atoms with Crippen LogP contribution in [0.4, 0.5) is 4.79 Å². The number of carbonyl (C=O) groups excluding carboxylic acids is 2. The molecular formula is C20H14Br2ClNO6S. The van der Waals surface area contributed by atoms with Gasteiger partial charge in [0.1, 0.15) is 0 Å². The zero-order valence-electron chi connectivity index (χ0n) is 15.9. The number of halogens is 3. The second kappa shape index (κ2) is 8.93. The molecule has 31 heavy (non-hydrogen) atoms. The molecule has 0 saturated carbocycles. The van der Waals surface area contributed by atoms with E-state index in [1.165, 1.54) is 0 Å². The minimum absolute atomic E-state index is 0.00210. The summed E-state index contributed by atoms with van der Waals surface area (Å²) in [5.74, 6) is 0.795. The number of imide groups is 1. The maximum Gasteiger partial charge on any atom is 0.293 e. The fourth-order valence-corrected chi connectivity index (χ4v) is 4.89. The van der Waals surface area contributed by atoms with Gasteiger partial charge in [-0.2, -0.15) is 0 Å². The van der Waals surface area contributed by atoms with E-state index in [1.807, 2.05) is 0 Å². The highest BCUT2D eigenvalue weighted by Gasteiger charge is 2.36. The Balaban J connectivity index is 1.63. The third kappa shape index (κ3) is 4.26. The smallest absolute Gasteiger partial charge is 0.293 e. The Morgan fingerprint density at radius 1 is 1.23 bits per heavy atom. The normalized spacial score (nSPS) is 16.5. The lowest BCUT2D eigenvalue weighted by Gasteiger charge is -2.14. The van der Waals surface area contributed by atoms with Gasteiger partial charge >= 0.3 is 0 Å². The van der Waals surface area contributed by atoms with Crippen molar-refractivity contribution in [3.8, 4) is 23.0 Å². The molecule has 162 valence electrons. The summed E-state index contributed by atoms with van der Waals surface area (Å²) in [6, 6.07) is 4.87. The minimum atomic E-state index is -0.446. The number of aromatic hydroxyl groups is 1. The number of nitrogens with zero attached hydrogens (tertiary/aromatic N) is 1. The molecule has 2 amide bonds. The maximum absolute atomic E-state index is 13.0. The zero-order chi connectivity index (χ0) is 22.3. The Morgan fingerprint density at radius 2 is 1.94 bits per heavy atom. The molecule has 0 aliphatic carbocycles. The van der Waals surface area contributed by atoms with Gasteiger partial charge < -0.3 is 19.3 Å². The number of rotatable bonds is 5. The minimum Gasteiger partial charge on any atom is -0.503 e. The fourth-order valence-electron chi connectivity index (χ4n) is 3.01. The molecule has 2 aromatic carbocycles. The number of phenolic OH excluding ortho intramolecular Hbond substituents is 1. The molecule has 2 aliphatic heterocycles. The van der Waals surface area contributed by atoms with Gasteiger partial charge in [-0.05, 0) is 79.9 Å². The molecule has 11 heteroatoms. The van der Waals surface area contributed by atoms with Crippen molar-refractivity contribution in [2.75, 3.05) is 13.4 Å². The third-order valence-electron chi connectivity index (χ3n) is 4.50. The molecule has 2 heterocycles. The SMILES string of the molecule is CCOc1cc(/C=C2\SC(=O)N(Cc3cc4c(cc3Cl)OCO4)C2=O)c(Br)c(Br)c1O. The fraction of sp³-hybridized carbons (Fsp3) is 0.200. The van der Waals surface area contributed by atoms with Crippen molar-refractivity contribution < 1.29 is 28.9 Å². The molecule has 2 aliphatic rings. The van der Waals surface area contributed by atoms with Crippen LogP contribution in [0.1, 0.15) is 18.1 Å². The van der Waals surface area contributed by atoms with Crippen LogP contribution in [0.15, 0.2) is 32.0 Å². The predicted octanol–water partition coefficient (Wildman–Crippen LogP) is 5.93. The molecule has 4 rings (SSSR count). The Labute approximate surface area is 203 Å². The van der Waals surface area contributed by atoms with E-state index in [0.717, 1.165) is 16.7 Å². The highest BCUT2D eigenvalue weighted by atomic mass is 79.9. The third-order valence-corrected chi connectivity index (χ3v) is 7.92. The Morgan fingerprint density at radius 3 is 2.65 bits per heavy atom. The number of ether oxygens (including phenoxy) is 3. The molecule has 0 unspecified atom stereocenters. The largest absolute Gasteiger partial charge is 0.503 e. The van der Waals surface area contributed by atoms with Crippen molar-refractivity contribution in [3.63, 3.8) is 0 Å². The van der Waals surface area contributed by atoms with Crippen LogP contribution in [-0.2, 0) is 11.3 Å². The average molecular weight is 592 g/mol. The van der Waals surface area contributed by atoms with Gasteiger partial charge in [0, 0.05) is 15.6 Å². The number of hydrogen-bond acceptors (Lipinski definition) is 7. The Hall–Kier alpha value is -1.88. The summed E-state index contributed by atoms with van der Waals surface area (Å²) in [5.41, 5.74) is 1.14.